The van der Waals surface area contributed by atoms with E-state index in [4.69, 9.17) is 0 Å². The Kier molecular flexibility index (Phi) is 3.12. The molecule has 106 valence electrons. The molecule has 1 unspecified atom stereocenters. The minimum absolute atomic E-state index is 0.00514. The first kappa shape index (κ1) is 13.0. The van der Waals surface area contributed by atoms with Gasteiger partial charge in [0.15, 0.2) is 0 Å². The molecule has 20 heavy (non-hydrogen) atoms. The van der Waals surface area contributed by atoms with E-state index in [0.717, 1.165) is 18.5 Å². The van der Waals surface area contributed by atoms with E-state index >= 15 is 0 Å². The summed E-state index contributed by atoms with van der Waals surface area (Å²) in [5.74, 6) is -0.0663. The Labute approximate surface area is 118 Å². The van der Waals surface area contributed by atoms with Crippen molar-refractivity contribution in [1.29, 1.82) is 0 Å². The van der Waals surface area contributed by atoms with Crippen LogP contribution in [0.4, 0.5) is 0 Å². The third-order valence-corrected chi connectivity index (χ3v) is 4.08. The van der Waals surface area contributed by atoms with Crippen molar-refractivity contribution in [3.63, 3.8) is 0 Å². The van der Waals surface area contributed by atoms with E-state index < -0.39 is 0 Å². The molecule has 1 fully saturated rings. The fourth-order valence-electron chi connectivity index (χ4n) is 2.76. The second-order valence-electron chi connectivity index (χ2n) is 5.45. The van der Waals surface area contributed by atoms with Crippen molar-refractivity contribution >= 4 is 11.8 Å². The molecule has 5 nitrogen and oxygen atoms in total. The SMILES string of the molecule is C=CC(=O)N1CCn2c(C(=O)NC3CC3)ccc2C1C. The Morgan fingerprint density at radius 2 is 2.10 bits per heavy atom. The van der Waals surface area contributed by atoms with Gasteiger partial charge in [-0.25, -0.2) is 0 Å². The van der Waals surface area contributed by atoms with Crippen LogP contribution >= 0.6 is 0 Å². The molecular weight excluding hydrogens is 254 g/mol. The van der Waals surface area contributed by atoms with Crippen molar-refractivity contribution in [3.8, 4) is 0 Å². The van der Waals surface area contributed by atoms with Crippen LogP contribution in [0.25, 0.3) is 0 Å². The van der Waals surface area contributed by atoms with Crippen molar-refractivity contribution in [2.24, 2.45) is 0 Å². The maximum atomic E-state index is 12.2. The number of nitrogens with zero attached hydrogens (tertiary/aromatic N) is 2. The Bertz CT molecular complexity index is 572. The lowest BCUT2D eigenvalue weighted by atomic mass is 10.1. The number of aromatic nitrogens is 1. The van der Waals surface area contributed by atoms with Gasteiger partial charge in [-0.05, 0) is 38.0 Å². The number of carbonyl (C=O) groups is 2. The minimum Gasteiger partial charge on any atom is -0.348 e. The summed E-state index contributed by atoms with van der Waals surface area (Å²) < 4.78 is 2.02. The average Bonchev–Trinajstić information content (AvgIpc) is 3.14. The standard InChI is InChI=1S/C15H19N3O2/c1-3-14(19)17-8-9-18-12(10(17)2)6-7-13(18)15(20)16-11-4-5-11/h3,6-7,10-11H,1,4-5,8-9H2,2H3,(H,16,20). The molecule has 0 aromatic carbocycles. The first-order chi connectivity index (χ1) is 9.61. The number of fused-ring (bicyclic) bond motifs is 1. The molecule has 1 aliphatic heterocycles. The van der Waals surface area contributed by atoms with Gasteiger partial charge in [-0.15, -0.1) is 0 Å². The number of hydrogen-bond donors (Lipinski definition) is 1. The summed E-state index contributed by atoms with van der Waals surface area (Å²) in [6.07, 6.45) is 3.50. The zero-order valence-corrected chi connectivity index (χ0v) is 11.6. The van der Waals surface area contributed by atoms with Gasteiger partial charge in [0.05, 0.1) is 6.04 Å². The van der Waals surface area contributed by atoms with Crippen LogP contribution in [0, 0.1) is 0 Å². The van der Waals surface area contributed by atoms with Crippen LogP contribution in [-0.4, -0.2) is 33.9 Å². The molecule has 1 atom stereocenters. The predicted octanol–water partition coefficient (Wildman–Crippen LogP) is 1.47. The van der Waals surface area contributed by atoms with Gasteiger partial charge >= 0.3 is 0 Å². The van der Waals surface area contributed by atoms with Crippen LogP contribution < -0.4 is 5.32 Å². The largest absolute Gasteiger partial charge is 0.348 e. The molecule has 5 heteroatoms. The highest BCUT2D eigenvalue weighted by Gasteiger charge is 2.30. The molecule has 1 saturated carbocycles. The quantitative estimate of drug-likeness (QED) is 0.848. The summed E-state index contributed by atoms with van der Waals surface area (Å²) in [7, 11) is 0. The normalized spacial score (nSPS) is 21.2. The first-order valence-electron chi connectivity index (χ1n) is 7.05. The van der Waals surface area contributed by atoms with E-state index in [0.29, 0.717) is 24.8 Å². The third-order valence-electron chi connectivity index (χ3n) is 4.08. The van der Waals surface area contributed by atoms with Gasteiger partial charge in [-0.2, -0.15) is 0 Å². The fraction of sp³-hybridized carbons (Fsp3) is 0.467. The third kappa shape index (κ3) is 2.13. The molecular formula is C15H19N3O2. The number of nitrogens with one attached hydrogen (secondary N) is 1. The van der Waals surface area contributed by atoms with Crippen LogP contribution in [-0.2, 0) is 11.3 Å². The molecule has 2 amide bonds. The van der Waals surface area contributed by atoms with E-state index in [-0.39, 0.29) is 17.9 Å². The minimum atomic E-state index is -0.0612. The maximum Gasteiger partial charge on any atom is 0.268 e. The van der Waals surface area contributed by atoms with Crippen LogP contribution in [0.15, 0.2) is 24.8 Å². The zero-order valence-electron chi connectivity index (χ0n) is 11.6. The van der Waals surface area contributed by atoms with Crippen molar-refractivity contribution in [2.75, 3.05) is 6.54 Å². The first-order valence-corrected chi connectivity index (χ1v) is 7.05. The summed E-state index contributed by atoms with van der Waals surface area (Å²) in [6.45, 7) is 6.78. The van der Waals surface area contributed by atoms with E-state index in [9.17, 15) is 9.59 Å². The molecule has 2 heterocycles. The molecule has 0 radical (unpaired) electrons. The number of rotatable bonds is 3. The fourth-order valence-corrected chi connectivity index (χ4v) is 2.76. The van der Waals surface area contributed by atoms with Gasteiger partial charge in [0.2, 0.25) is 5.91 Å². The second kappa shape index (κ2) is 4.81. The van der Waals surface area contributed by atoms with Crippen molar-refractivity contribution < 1.29 is 9.59 Å². The lowest BCUT2D eigenvalue weighted by Crippen LogP contribution is -2.41. The van der Waals surface area contributed by atoms with E-state index in [1.54, 1.807) is 4.90 Å². The molecule has 1 aliphatic carbocycles. The molecule has 0 bridgehead atoms. The van der Waals surface area contributed by atoms with E-state index in [1.165, 1.54) is 6.08 Å². The average molecular weight is 273 g/mol. The monoisotopic (exact) mass is 273 g/mol. The van der Waals surface area contributed by atoms with Crippen LogP contribution in [0.5, 0.6) is 0 Å². The van der Waals surface area contributed by atoms with Crippen molar-refractivity contribution in [2.45, 2.75) is 38.4 Å². The Balaban J connectivity index is 1.84. The molecule has 2 aliphatic rings. The van der Waals surface area contributed by atoms with Gasteiger partial charge in [-0.1, -0.05) is 6.58 Å². The lowest BCUT2D eigenvalue weighted by Gasteiger charge is -2.34. The Hall–Kier alpha value is -2.04. The number of hydrogen-bond acceptors (Lipinski definition) is 2. The molecule has 0 spiro atoms. The smallest absolute Gasteiger partial charge is 0.268 e. The van der Waals surface area contributed by atoms with Crippen molar-refractivity contribution in [1.82, 2.24) is 14.8 Å². The highest BCUT2D eigenvalue weighted by molar-refractivity contribution is 5.93. The highest BCUT2D eigenvalue weighted by atomic mass is 16.2. The van der Waals surface area contributed by atoms with Gasteiger partial charge in [-0.3, -0.25) is 9.59 Å². The predicted molar refractivity (Wildman–Crippen MR) is 75.2 cm³/mol. The molecule has 1 N–H and O–H groups in total. The summed E-state index contributed by atoms with van der Waals surface area (Å²) in [5.41, 5.74) is 1.71. The lowest BCUT2D eigenvalue weighted by molar-refractivity contribution is -0.129. The summed E-state index contributed by atoms with van der Waals surface area (Å²) >= 11 is 0. The van der Waals surface area contributed by atoms with Gasteiger partial charge in [0, 0.05) is 24.8 Å². The molecule has 0 saturated heterocycles. The van der Waals surface area contributed by atoms with Gasteiger partial charge in [0.25, 0.3) is 5.91 Å². The van der Waals surface area contributed by atoms with Gasteiger partial charge in [0.1, 0.15) is 5.69 Å². The van der Waals surface area contributed by atoms with E-state index in [2.05, 4.69) is 11.9 Å². The topological polar surface area (TPSA) is 54.3 Å². The zero-order chi connectivity index (χ0) is 14.3. The molecule has 3 rings (SSSR count). The van der Waals surface area contributed by atoms with Crippen LogP contribution in [0.1, 0.15) is 42.0 Å². The second-order valence-corrected chi connectivity index (χ2v) is 5.45. The number of carbonyl (C=O) groups excluding carboxylic acids is 2. The number of amides is 2. The Morgan fingerprint density at radius 1 is 1.35 bits per heavy atom. The van der Waals surface area contributed by atoms with Crippen molar-refractivity contribution in [3.05, 3.63) is 36.2 Å². The van der Waals surface area contributed by atoms with Gasteiger partial charge < -0.3 is 14.8 Å². The van der Waals surface area contributed by atoms with Crippen LogP contribution in [0.3, 0.4) is 0 Å². The Morgan fingerprint density at radius 3 is 2.75 bits per heavy atom. The summed E-state index contributed by atoms with van der Waals surface area (Å²) in [4.78, 5) is 25.8. The molecule has 1 aromatic rings. The highest BCUT2D eigenvalue weighted by Crippen LogP contribution is 2.28. The summed E-state index contributed by atoms with van der Waals surface area (Å²) in [5, 5.41) is 3.01. The maximum absolute atomic E-state index is 12.2. The summed E-state index contributed by atoms with van der Waals surface area (Å²) in [6, 6.07) is 4.12. The van der Waals surface area contributed by atoms with Crippen LogP contribution in [0.2, 0.25) is 0 Å². The van der Waals surface area contributed by atoms with E-state index in [1.807, 2.05) is 23.6 Å². The molecule has 1 aromatic heterocycles.